The smallest absolute Gasteiger partial charge is 0.0577 e. The molecule has 0 heterocycles. The molecule has 0 amide bonds. The van der Waals surface area contributed by atoms with E-state index in [0.717, 1.165) is 18.0 Å². The van der Waals surface area contributed by atoms with Gasteiger partial charge in [0.15, 0.2) is 0 Å². The monoisotopic (exact) mass is 273 g/mol. The van der Waals surface area contributed by atoms with Gasteiger partial charge in [-0.25, -0.2) is 0 Å². The molecule has 0 aromatic heterocycles. The van der Waals surface area contributed by atoms with Gasteiger partial charge in [0.1, 0.15) is 0 Å². The zero-order chi connectivity index (χ0) is 13.7. The molecule has 0 saturated heterocycles. The Hall–Kier alpha value is -1.31. The number of nitrogens with one attached hydrogen (secondary N) is 1. The predicted octanol–water partition coefficient (Wildman–Crippen LogP) is 4.60. The summed E-state index contributed by atoms with van der Waals surface area (Å²) in [4.78, 5) is 0. The largest absolute Gasteiger partial charge is 0.307 e. The van der Waals surface area contributed by atoms with Gasteiger partial charge in [0.05, 0.1) is 6.04 Å². The summed E-state index contributed by atoms with van der Waals surface area (Å²) in [6, 6.07) is 17.0. The highest BCUT2D eigenvalue weighted by Gasteiger charge is 2.13. The fourth-order valence-corrected chi connectivity index (χ4v) is 2.51. The molecule has 0 spiro atoms. The summed E-state index contributed by atoms with van der Waals surface area (Å²) < 4.78 is 0. The maximum absolute atomic E-state index is 6.11. The number of hydrogen-bond acceptors (Lipinski definition) is 1. The highest BCUT2D eigenvalue weighted by Crippen LogP contribution is 2.25. The fourth-order valence-electron chi connectivity index (χ4n) is 2.31. The molecule has 0 aliphatic heterocycles. The molecule has 0 aliphatic carbocycles. The molecule has 1 atom stereocenters. The Bertz CT molecular complexity index is 536. The van der Waals surface area contributed by atoms with Crippen molar-refractivity contribution in [3.63, 3.8) is 0 Å². The molecule has 1 nitrogen and oxygen atoms in total. The summed E-state index contributed by atoms with van der Waals surface area (Å²) >= 11 is 6.11. The summed E-state index contributed by atoms with van der Waals surface area (Å²) in [5, 5.41) is 4.32. The van der Waals surface area contributed by atoms with E-state index in [4.69, 9.17) is 11.6 Å². The summed E-state index contributed by atoms with van der Waals surface area (Å²) in [6.45, 7) is 5.23. The van der Waals surface area contributed by atoms with E-state index in [2.05, 4.69) is 49.5 Å². The maximum atomic E-state index is 6.11. The van der Waals surface area contributed by atoms with Crippen LogP contribution in [0.2, 0.25) is 5.02 Å². The molecule has 0 bridgehead atoms. The Morgan fingerprint density at radius 3 is 2.32 bits per heavy atom. The Morgan fingerprint density at radius 2 is 1.68 bits per heavy atom. The van der Waals surface area contributed by atoms with Crippen LogP contribution in [0.15, 0.2) is 48.5 Å². The lowest BCUT2D eigenvalue weighted by molar-refractivity contribution is 0.630. The van der Waals surface area contributed by atoms with Gasteiger partial charge in [0.2, 0.25) is 0 Å². The van der Waals surface area contributed by atoms with Gasteiger partial charge in [-0.05, 0) is 41.8 Å². The van der Waals surface area contributed by atoms with E-state index in [9.17, 15) is 0 Å². The molecule has 0 saturated carbocycles. The second-order valence-corrected chi connectivity index (χ2v) is 5.08. The summed E-state index contributed by atoms with van der Waals surface area (Å²) in [6.07, 6.45) is 1.06. The van der Waals surface area contributed by atoms with Crippen molar-refractivity contribution in [1.29, 1.82) is 0 Å². The van der Waals surface area contributed by atoms with E-state index in [1.165, 1.54) is 16.7 Å². The minimum atomic E-state index is 0.204. The van der Waals surface area contributed by atoms with Crippen molar-refractivity contribution < 1.29 is 0 Å². The average molecular weight is 274 g/mol. The quantitative estimate of drug-likeness (QED) is 0.839. The highest BCUT2D eigenvalue weighted by molar-refractivity contribution is 6.30. The van der Waals surface area contributed by atoms with Crippen molar-refractivity contribution in [2.45, 2.75) is 26.3 Å². The van der Waals surface area contributed by atoms with Gasteiger partial charge >= 0.3 is 0 Å². The molecule has 19 heavy (non-hydrogen) atoms. The van der Waals surface area contributed by atoms with E-state index in [1.54, 1.807) is 0 Å². The Morgan fingerprint density at radius 1 is 1.00 bits per heavy atom. The normalized spacial score (nSPS) is 12.4. The first-order chi connectivity index (χ1) is 9.24. The third kappa shape index (κ3) is 3.59. The molecule has 2 rings (SSSR count). The zero-order valence-corrected chi connectivity index (χ0v) is 12.2. The summed E-state index contributed by atoms with van der Waals surface area (Å²) in [5.41, 5.74) is 3.87. The van der Waals surface area contributed by atoms with Crippen LogP contribution >= 0.6 is 11.6 Å². The van der Waals surface area contributed by atoms with Crippen molar-refractivity contribution in [2.24, 2.45) is 0 Å². The van der Waals surface area contributed by atoms with Crippen LogP contribution in [0.1, 0.15) is 36.6 Å². The lowest BCUT2D eigenvalue weighted by Gasteiger charge is -2.20. The molecule has 2 aromatic carbocycles. The summed E-state index contributed by atoms with van der Waals surface area (Å²) in [7, 11) is 0. The van der Waals surface area contributed by atoms with Crippen LogP contribution in [0.4, 0.5) is 0 Å². The van der Waals surface area contributed by atoms with Crippen LogP contribution in [0.3, 0.4) is 0 Å². The molecule has 1 unspecified atom stereocenters. The molecule has 0 fully saturated rings. The lowest BCUT2D eigenvalue weighted by atomic mass is 9.96. The zero-order valence-electron chi connectivity index (χ0n) is 11.5. The number of hydrogen-bond donors (Lipinski definition) is 1. The fraction of sp³-hybridized carbons (Fsp3) is 0.294. The van der Waals surface area contributed by atoms with Gasteiger partial charge in [0.25, 0.3) is 0 Å². The van der Waals surface area contributed by atoms with Gasteiger partial charge in [-0.1, -0.05) is 61.8 Å². The first-order valence-electron chi connectivity index (χ1n) is 6.82. The third-order valence-electron chi connectivity index (χ3n) is 3.28. The van der Waals surface area contributed by atoms with Crippen LogP contribution in [0.25, 0.3) is 0 Å². The molecular weight excluding hydrogens is 254 g/mol. The minimum absolute atomic E-state index is 0.204. The maximum Gasteiger partial charge on any atom is 0.0577 e. The standard InChI is InChI=1S/C17H20ClN/c1-3-13-7-5-8-14(11-13)17(19-4-2)15-9-6-10-16(18)12-15/h5-12,17,19H,3-4H2,1-2H3. The van der Waals surface area contributed by atoms with Crippen molar-refractivity contribution in [3.05, 3.63) is 70.2 Å². The third-order valence-corrected chi connectivity index (χ3v) is 3.52. The first kappa shape index (κ1) is 14.1. The molecule has 1 N–H and O–H groups in total. The van der Waals surface area contributed by atoms with Crippen LogP contribution in [-0.4, -0.2) is 6.54 Å². The van der Waals surface area contributed by atoms with Crippen molar-refractivity contribution >= 4 is 11.6 Å². The van der Waals surface area contributed by atoms with Crippen LogP contribution in [-0.2, 0) is 6.42 Å². The number of aryl methyl sites for hydroxylation is 1. The van der Waals surface area contributed by atoms with Crippen molar-refractivity contribution in [3.8, 4) is 0 Å². The second kappa shape index (κ2) is 6.74. The summed E-state index contributed by atoms with van der Waals surface area (Å²) in [5.74, 6) is 0. The van der Waals surface area contributed by atoms with Crippen LogP contribution in [0, 0.1) is 0 Å². The first-order valence-corrected chi connectivity index (χ1v) is 7.20. The lowest BCUT2D eigenvalue weighted by Crippen LogP contribution is -2.22. The molecule has 100 valence electrons. The van der Waals surface area contributed by atoms with E-state index in [-0.39, 0.29) is 6.04 Å². The Labute approximate surface area is 120 Å². The number of rotatable bonds is 5. The van der Waals surface area contributed by atoms with Gasteiger partial charge in [-0.15, -0.1) is 0 Å². The minimum Gasteiger partial charge on any atom is -0.307 e. The van der Waals surface area contributed by atoms with Gasteiger partial charge < -0.3 is 5.32 Å². The second-order valence-electron chi connectivity index (χ2n) is 4.64. The Kier molecular flexibility index (Phi) is 5.00. The van der Waals surface area contributed by atoms with Crippen LogP contribution < -0.4 is 5.32 Å². The molecule has 0 aliphatic rings. The van der Waals surface area contributed by atoms with Gasteiger partial charge in [-0.3, -0.25) is 0 Å². The average Bonchev–Trinajstić information content (AvgIpc) is 2.45. The van der Waals surface area contributed by atoms with E-state index in [1.807, 2.05) is 18.2 Å². The van der Waals surface area contributed by atoms with Gasteiger partial charge in [-0.2, -0.15) is 0 Å². The highest BCUT2D eigenvalue weighted by atomic mass is 35.5. The number of benzene rings is 2. The Balaban J connectivity index is 2.38. The van der Waals surface area contributed by atoms with Gasteiger partial charge in [0, 0.05) is 5.02 Å². The van der Waals surface area contributed by atoms with Crippen molar-refractivity contribution in [1.82, 2.24) is 5.32 Å². The van der Waals surface area contributed by atoms with E-state index < -0.39 is 0 Å². The topological polar surface area (TPSA) is 12.0 Å². The molecule has 2 aromatic rings. The SMILES string of the molecule is CCNC(c1cccc(Cl)c1)c1cccc(CC)c1. The number of halogens is 1. The molecule has 2 heteroatoms. The molecule has 0 radical (unpaired) electrons. The van der Waals surface area contributed by atoms with E-state index in [0.29, 0.717) is 0 Å². The van der Waals surface area contributed by atoms with E-state index >= 15 is 0 Å². The predicted molar refractivity (Wildman–Crippen MR) is 82.8 cm³/mol. The van der Waals surface area contributed by atoms with Crippen LogP contribution in [0.5, 0.6) is 0 Å². The molecular formula is C17H20ClN. The van der Waals surface area contributed by atoms with Crippen molar-refractivity contribution in [2.75, 3.05) is 6.54 Å².